The van der Waals surface area contributed by atoms with Gasteiger partial charge in [-0.05, 0) is 12.8 Å². The lowest BCUT2D eigenvalue weighted by molar-refractivity contribution is -0.141. The summed E-state index contributed by atoms with van der Waals surface area (Å²) in [6.45, 7) is 0. The van der Waals surface area contributed by atoms with Crippen LogP contribution in [0.2, 0.25) is 0 Å². The van der Waals surface area contributed by atoms with Crippen molar-refractivity contribution < 1.29 is 19.8 Å². The minimum atomic E-state index is -1.15. The van der Waals surface area contributed by atoms with Crippen molar-refractivity contribution in [1.29, 1.82) is 0 Å². The third-order valence-corrected chi connectivity index (χ3v) is 1.42. The van der Waals surface area contributed by atoms with Gasteiger partial charge in [-0.2, -0.15) is 0 Å². The number of rotatable bonds is 5. The van der Waals surface area contributed by atoms with Gasteiger partial charge < -0.3 is 21.7 Å². The summed E-state index contributed by atoms with van der Waals surface area (Å²) < 4.78 is 0. The third-order valence-electron chi connectivity index (χ3n) is 1.42. The lowest BCUT2D eigenvalue weighted by Gasteiger charge is -2.08. The molecule has 0 bridgehead atoms. The molecule has 0 rings (SSSR count). The summed E-state index contributed by atoms with van der Waals surface area (Å²) in [5.74, 6) is -2.29. The highest BCUT2D eigenvalue weighted by atomic mass is 35.5. The molecule has 6 N–H and O–H groups in total. The highest BCUT2D eigenvalue weighted by Crippen LogP contribution is 1.98. The minimum Gasteiger partial charge on any atom is -0.480 e. The summed E-state index contributed by atoms with van der Waals surface area (Å²) >= 11 is 0. The number of carbonyl (C=O) groups is 2. The number of hydrogen-bond acceptors (Lipinski definition) is 4. The van der Waals surface area contributed by atoms with Crippen molar-refractivity contribution in [3.8, 4) is 0 Å². The molecule has 0 aromatic heterocycles. The van der Waals surface area contributed by atoms with Crippen LogP contribution >= 0.6 is 24.8 Å². The van der Waals surface area contributed by atoms with Crippen LogP contribution in [0.1, 0.15) is 12.8 Å². The van der Waals surface area contributed by atoms with E-state index in [1.165, 1.54) is 0 Å². The topological polar surface area (TPSA) is 127 Å². The van der Waals surface area contributed by atoms with Gasteiger partial charge in [0.25, 0.3) is 0 Å². The first-order valence-electron chi connectivity index (χ1n) is 3.42. The summed E-state index contributed by atoms with van der Waals surface area (Å²) in [5, 5.41) is 16.6. The molecule has 86 valence electrons. The Bertz CT molecular complexity index is 171. The molecular weight excluding hydrogens is 235 g/mol. The van der Waals surface area contributed by atoms with Crippen molar-refractivity contribution >= 4 is 36.8 Å². The summed E-state index contributed by atoms with van der Waals surface area (Å²) in [7, 11) is 0. The van der Waals surface area contributed by atoms with Crippen LogP contribution in [-0.2, 0) is 9.59 Å². The molecule has 0 spiro atoms. The van der Waals surface area contributed by atoms with E-state index < -0.39 is 24.0 Å². The first kappa shape index (κ1) is 19.1. The largest absolute Gasteiger partial charge is 0.480 e. The average Bonchev–Trinajstić information content (AvgIpc) is 1.98. The van der Waals surface area contributed by atoms with Gasteiger partial charge >= 0.3 is 11.9 Å². The normalized spacial score (nSPS) is 13.0. The zero-order valence-corrected chi connectivity index (χ0v) is 8.88. The van der Waals surface area contributed by atoms with Crippen LogP contribution < -0.4 is 11.5 Å². The summed E-state index contributed by atoms with van der Waals surface area (Å²) in [6.07, 6.45) is 0.144. The van der Waals surface area contributed by atoms with E-state index in [1.54, 1.807) is 0 Å². The average molecular weight is 249 g/mol. The van der Waals surface area contributed by atoms with Crippen molar-refractivity contribution in [3.63, 3.8) is 0 Å². The van der Waals surface area contributed by atoms with Crippen molar-refractivity contribution in [3.05, 3.63) is 0 Å². The number of carboxylic acids is 2. The molecule has 0 aliphatic rings. The number of hydrogen-bond donors (Lipinski definition) is 4. The van der Waals surface area contributed by atoms with Crippen LogP contribution in [0, 0.1) is 0 Å². The summed E-state index contributed by atoms with van der Waals surface area (Å²) in [6, 6.07) is -2.06. The molecule has 0 amide bonds. The van der Waals surface area contributed by atoms with Crippen LogP contribution in [0.25, 0.3) is 0 Å². The van der Waals surface area contributed by atoms with Crippen LogP contribution in [0.15, 0.2) is 0 Å². The van der Waals surface area contributed by atoms with Gasteiger partial charge in [-0.3, -0.25) is 9.59 Å². The molecule has 0 radical (unpaired) electrons. The maximum Gasteiger partial charge on any atom is 0.320 e. The fraction of sp³-hybridized carbons (Fsp3) is 0.667. The Balaban J connectivity index is -0.000000605. The number of nitrogens with two attached hydrogens (primary N) is 2. The van der Waals surface area contributed by atoms with Gasteiger partial charge in [0.05, 0.1) is 0 Å². The second-order valence-corrected chi connectivity index (χ2v) is 2.47. The molecule has 0 saturated heterocycles. The van der Waals surface area contributed by atoms with Crippen LogP contribution in [0.3, 0.4) is 0 Å². The van der Waals surface area contributed by atoms with Crippen LogP contribution in [0.5, 0.6) is 0 Å². The molecule has 0 aliphatic heterocycles. The predicted molar refractivity (Wildman–Crippen MR) is 55.0 cm³/mol. The van der Waals surface area contributed by atoms with Crippen LogP contribution in [0.4, 0.5) is 0 Å². The van der Waals surface area contributed by atoms with Crippen molar-refractivity contribution in [2.75, 3.05) is 0 Å². The van der Waals surface area contributed by atoms with Gasteiger partial charge in [0, 0.05) is 0 Å². The molecule has 0 aromatic carbocycles. The highest BCUT2D eigenvalue weighted by Gasteiger charge is 2.16. The summed E-state index contributed by atoms with van der Waals surface area (Å²) in [5.41, 5.74) is 10.2. The molecule has 2 atom stereocenters. The van der Waals surface area contributed by atoms with Gasteiger partial charge in [0.15, 0.2) is 0 Å². The molecule has 6 nitrogen and oxygen atoms in total. The van der Waals surface area contributed by atoms with Gasteiger partial charge in [0.2, 0.25) is 0 Å². The molecule has 0 heterocycles. The second kappa shape index (κ2) is 9.01. The predicted octanol–water partition coefficient (Wildman–Crippen LogP) is -0.566. The monoisotopic (exact) mass is 248 g/mol. The Morgan fingerprint density at radius 2 is 1.14 bits per heavy atom. The molecular formula is C6H14Cl2N2O4. The van der Waals surface area contributed by atoms with Gasteiger partial charge in [-0.1, -0.05) is 0 Å². The Morgan fingerprint density at radius 1 is 0.929 bits per heavy atom. The van der Waals surface area contributed by atoms with E-state index >= 15 is 0 Å². The fourth-order valence-electron chi connectivity index (χ4n) is 0.606. The number of carboxylic acid groups (broad SMARTS) is 2. The smallest absolute Gasteiger partial charge is 0.320 e. The molecule has 8 heteroatoms. The maximum atomic E-state index is 10.2. The van der Waals surface area contributed by atoms with E-state index in [2.05, 4.69) is 0 Å². The van der Waals surface area contributed by atoms with E-state index in [0.717, 1.165) is 0 Å². The first-order chi connectivity index (χ1) is 5.45. The molecule has 0 saturated carbocycles. The zero-order chi connectivity index (χ0) is 9.72. The van der Waals surface area contributed by atoms with E-state index in [0.29, 0.717) is 0 Å². The van der Waals surface area contributed by atoms with Crippen molar-refractivity contribution in [1.82, 2.24) is 0 Å². The van der Waals surface area contributed by atoms with Gasteiger partial charge in [-0.25, -0.2) is 0 Å². The van der Waals surface area contributed by atoms with E-state index in [1.807, 2.05) is 0 Å². The van der Waals surface area contributed by atoms with E-state index in [-0.39, 0.29) is 37.7 Å². The zero-order valence-electron chi connectivity index (χ0n) is 7.25. The second-order valence-electron chi connectivity index (χ2n) is 2.47. The quantitative estimate of drug-likeness (QED) is 0.517. The molecule has 0 aromatic rings. The maximum absolute atomic E-state index is 10.2. The molecule has 0 unspecified atom stereocenters. The van der Waals surface area contributed by atoms with Crippen LogP contribution in [-0.4, -0.2) is 34.2 Å². The minimum absolute atomic E-state index is 0. The third kappa shape index (κ3) is 8.06. The molecule has 14 heavy (non-hydrogen) atoms. The Morgan fingerprint density at radius 3 is 1.29 bits per heavy atom. The van der Waals surface area contributed by atoms with Crippen molar-refractivity contribution in [2.24, 2.45) is 11.5 Å². The Hall–Kier alpha value is -0.560. The van der Waals surface area contributed by atoms with Gasteiger partial charge in [-0.15, -0.1) is 24.8 Å². The number of aliphatic carboxylic acids is 2. The number of halogens is 2. The first-order valence-corrected chi connectivity index (χ1v) is 3.42. The lowest BCUT2D eigenvalue weighted by Crippen LogP contribution is -2.35. The van der Waals surface area contributed by atoms with Gasteiger partial charge in [0.1, 0.15) is 12.1 Å². The lowest BCUT2D eigenvalue weighted by atomic mass is 10.1. The van der Waals surface area contributed by atoms with E-state index in [4.69, 9.17) is 21.7 Å². The molecule has 0 aliphatic carbocycles. The standard InChI is InChI=1S/C6H12N2O4.2ClH/c7-3(5(9)10)1-2-4(8)6(11)12;;/h3-4H,1-2,7-8H2,(H,9,10)(H,11,12);2*1H/t3-,4-;;/m1../s1. The highest BCUT2D eigenvalue weighted by molar-refractivity contribution is 5.85. The SMILES string of the molecule is Cl.Cl.N[C@H](CC[C@@H](N)C(=O)O)C(=O)O. The molecule has 0 fully saturated rings. The summed E-state index contributed by atoms with van der Waals surface area (Å²) in [4.78, 5) is 20.3. The fourth-order valence-corrected chi connectivity index (χ4v) is 0.606. The Labute approximate surface area is 93.5 Å². The van der Waals surface area contributed by atoms with E-state index in [9.17, 15) is 9.59 Å². The van der Waals surface area contributed by atoms with Crippen molar-refractivity contribution in [2.45, 2.75) is 24.9 Å². The Kier molecular flexibility index (Phi) is 12.3.